The number of nitrogens with one attached hydrogen (secondary N) is 1. The molecule has 0 aliphatic rings. The van der Waals surface area contributed by atoms with E-state index in [0.29, 0.717) is 0 Å². The monoisotopic (exact) mass is 267 g/mol. The SMILES string of the molecule is CN(C)c1ccncc1NCc1cnn2ccccc12. The molecule has 0 spiro atoms. The zero-order chi connectivity index (χ0) is 13.9. The largest absolute Gasteiger partial charge is 0.378 e. The Kier molecular flexibility index (Phi) is 3.25. The first-order valence-electron chi connectivity index (χ1n) is 6.52. The molecule has 5 heteroatoms. The summed E-state index contributed by atoms with van der Waals surface area (Å²) in [5.41, 5.74) is 4.43. The van der Waals surface area contributed by atoms with E-state index in [1.54, 1.807) is 6.20 Å². The summed E-state index contributed by atoms with van der Waals surface area (Å²) >= 11 is 0. The van der Waals surface area contributed by atoms with Gasteiger partial charge in [0.15, 0.2) is 0 Å². The van der Waals surface area contributed by atoms with Gasteiger partial charge >= 0.3 is 0 Å². The van der Waals surface area contributed by atoms with Crippen LogP contribution >= 0.6 is 0 Å². The molecule has 0 unspecified atom stereocenters. The molecular weight excluding hydrogens is 250 g/mol. The van der Waals surface area contributed by atoms with Crippen LogP contribution < -0.4 is 10.2 Å². The van der Waals surface area contributed by atoms with Gasteiger partial charge in [-0.25, -0.2) is 4.52 Å². The smallest absolute Gasteiger partial charge is 0.0766 e. The summed E-state index contributed by atoms with van der Waals surface area (Å²) in [5.74, 6) is 0. The molecule has 0 atom stereocenters. The average molecular weight is 267 g/mol. The predicted molar refractivity (Wildman–Crippen MR) is 81.1 cm³/mol. The Morgan fingerprint density at radius 3 is 2.95 bits per heavy atom. The molecule has 0 amide bonds. The molecule has 5 nitrogen and oxygen atoms in total. The van der Waals surface area contributed by atoms with Gasteiger partial charge in [0, 0.05) is 38.6 Å². The fraction of sp³-hybridized carbons (Fsp3) is 0.200. The highest BCUT2D eigenvalue weighted by Gasteiger charge is 2.06. The van der Waals surface area contributed by atoms with Crippen LogP contribution in [0.1, 0.15) is 5.56 Å². The third-order valence-corrected chi connectivity index (χ3v) is 3.26. The number of nitrogens with zero attached hydrogens (tertiary/aromatic N) is 4. The van der Waals surface area contributed by atoms with Crippen LogP contribution in [0.4, 0.5) is 11.4 Å². The molecule has 0 fully saturated rings. The van der Waals surface area contributed by atoms with Crippen molar-refractivity contribution in [2.75, 3.05) is 24.3 Å². The lowest BCUT2D eigenvalue weighted by Gasteiger charge is -2.17. The maximum Gasteiger partial charge on any atom is 0.0766 e. The first-order chi connectivity index (χ1) is 9.75. The summed E-state index contributed by atoms with van der Waals surface area (Å²) in [6.07, 6.45) is 7.50. The lowest BCUT2D eigenvalue weighted by Crippen LogP contribution is -2.12. The average Bonchev–Trinajstić information content (AvgIpc) is 2.88. The molecule has 0 aliphatic carbocycles. The van der Waals surface area contributed by atoms with Gasteiger partial charge in [-0.15, -0.1) is 0 Å². The standard InChI is InChI=1S/C15H17N5/c1-19(2)15-6-7-16-11-13(15)17-9-12-10-18-20-8-4-3-5-14(12)20/h3-8,10-11,17H,9H2,1-2H3. The number of rotatable bonds is 4. The van der Waals surface area contributed by atoms with Crippen molar-refractivity contribution in [3.05, 3.63) is 54.6 Å². The first kappa shape index (κ1) is 12.5. The van der Waals surface area contributed by atoms with Gasteiger partial charge in [-0.1, -0.05) is 6.07 Å². The molecule has 0 saturated carbocycles. The van der Waals surface area contributed by atoms with Gasteiger partial charge in [-0.05, 0) is 18.2 Å². The summed E-state index contributed by atoms with van der Waals surface area (Å²) in [6, 6.07) is 8.07. The quantitative estimate of drug-likeness (QED) is 0.788. The predicted octanol–water partition coefficient (Wildman–Crippen LogP) is 2.41. The molecule has 1 N–H and O–H groups in total. The van der Waals surface area contributed by atoms with Gasteiger partial charge in [0.2, 0.25) is 0 Å². The van der Waals surface area contributed by atoms with Crippen LogP contribution in [0.3, 0.4) is 0 Å². The molecule has 20 heavy (non-hydrogen) atoms. The van der Waals surface area contributed by atoms with E-state index in [9.17, 15) is 0 Å². The zero-order valence-corrected chi connectivity index (χ0v) is 11.6. The molecule has 3 rings (SSSR count). The van der Waals surface area contributed by atoms with Crippen molar-refractivity contribution in [2.45, 2.75) is 6.54 Å². The molecule has 0 aromatic carbocycles. The van der Waals surface area contributed by atoms with Gasteiger partial charge in [0.25, 0.3) is 0 Å². The maximum absolute atomic E-state index is 4.34. The van der Waals surface area contributed by atoms with E-state index in [4.69, 9.17) is 0 Å². The number of hydrogen-bond donors (Lipinski definition) is 1. The Morgan fingerprint density at radius 1 is 1.20 bits per heavy atom. The van der Waals surface area contributed by atoms with Crippen molar-refractivity contribution in [2.24, 2.45) is 0 Å². The summed E-state index contributed by atoms with van der Waals surface area (Å²) in [6.45, 7) is 0.722. The van der Waals surface area contributed by atoms with Gasteiger partial charge in [0.1, 0.15) is 0 Å². The third-order valence-electron chi connectivity index (χ3n) is 3.26. The second-order valence-electron chi connectivity index (χ2n) is 4.84. The van der Waals surface area contributed by atoms with Crippen LogP contribution in [0.15, 0.2) is 49.1 Å². The first-order valence-corrected chi connectivity index (χ1v) is 6.52. The lowest BCUT2D eigenvalue weighted by atomic mass is 10.2. The zero-order valence-electron chi connectivity index (χ0n) is 11.6. The molecule has 0 radical (unpaired) electrons. The van der Waals surface area contributed by atoms with E-state index >= 15 is 0 Å². The lowest BCUT2D eigenvalue weighted by molar-refractivity contribution is 0.961. The minimum atomic E-state index is 0.722. The fourth-order valence-electron chi connectivity index (χ4n) is 2.23. The van der Waals surface area contributed by atoms with Crippen LogP contribution in [0.2, 0.25) is 0 Å². The Bertz CT molecular complexity index is 717. The normalized spacial score (nSPS) is 10.7. The van der Waals surface area contributed by atoms with Crippen LogP contribution in [0, 0.1) is 0 Å². The topological polar surface area (TPSA) is 45.5 Å². The van der Waals surface area contributed by atoms with E-state index in [2.05, 4.69) is 26.4 Å². The minimum Gasteiger partial charge on any atom is -0.378 e. The fourth-order valence-corrected chi connectivity index (χ4v) is 2.23. The van der Waals surface area contributed by atoms with Gasteiger partial charge in [0.05, 0.1) is 29.3 Å². The number of fused-ring (bicyclic) bond motifs is 1. The maximum atomic E-state index is 4.34. The number of pyridine rings is 2. The van der Waals surface area contributed by atoms with Gasteiger partial charge in [-0.2, -0.15) is 5.10 Å². The van der Waals surface area contributed by atoms with E-state index in [1.807, 2.05) is 55.4 Å². The molecule has 0 bridgehead atoms. The molecule has 102 valence electrons. The molecule has 3 aromatic rings. The van der Waals surface area contributed by atoms with E-state index in [1.165, 1.54) is 5.56 Å². The van der Waals surface area contributed by atoms with Gasteiger partial charge in [-0.3, -0.25) is 4.98 Å². The Balaban J connectivity index is 1.83. The van der Waals surface area contributed by atoms with Crippen LogP contribution in [-0.4, -0.2) is 28.7 Å². The molecule has 3 aromatic heterocycles. The molecule has 0 saturated heterocycles. The van der Waals surface area contributed by atoms with Crippen molar-refractivity contribution < 1.29 is 0 Å². The third kappa shape index (κ3) is 2.30. The van der Waals surface area contributed by atoms with Crippen molar-refractivity contribution in [1.82, 2.24) is 14.6 Å². The highest BCUT2D eigenvalue weighted by molar-refractivity contribution is 5.68. The summed E-state index contributed by atoms with van der Waals surface area (Å²) in [7, 11) is 4.05. The van der Waals surface area contributed by atoms with Crippen LogP contribution in [0.5, 0.6) is 0 Å². The number of hydrogen-bond acceptors (Lipinski definition) is 4. The highest BCUT2D eigenvalue weighted by Crippen LogP contribution is 2.23. The Hall–Kier alpha value is -2.56. The van der Waals surface area contributed by atoms with E-state index < -0.39 is 0 Å². The van der Waals surface area contributed by atoms with Crippen molar-refractivity contribution >= 4 is 16.9 Å². The second kappa shape index (κ2) is 5.21. The minimum absolute atomic E-state index is 0.722. The van der Waals surface area contributed by atoms with Crippen molar-refractivity contribution in [3.8, 4) is 0 Å². The Labute approximate surface area is 117 Å². The van der Waals surface area contributed by atoms with Crippen LogP contribution in [0.25, 0.3) is 5.52 Å². The number of aromatic nitrogens is 3. The Morgan fingerprint density at radius 2 is 2.10 bits per heavy atom. The number of anilines is 2. The molecule has 3 heterocycles. The van der Waals surface area contributed by atoms with Crippen LogP contribution in [-0.2, 0) is 6.54 Å². The summed E-state index contributed by atoms with van der Waals surface area (Å²) in [4.78, 5) is 6.25. The second-order valence-corrected chi connectivity index (χ2v) is 4.84. The van der Waals surface area contributed by atoms with Crippen molar-refractivity contribution in [3.63, 3.8) is 0 Å². The van der Waals surface area contributed by atoms with Crippen molar-refractivity contribution in [1.29, 1.82) is 0 Å². The summed E-state index contributed by atoms with van der Waals surface area (Å²) < 4.78 is 1.88. The highest BCUT2D eigenvalue weighted by atomic mass is 15.2. The van der Waals surface area contributed by atoms with E-state index in [0.717, 1.165) is 23.4 Å². The molecule has 0 aliphatic heterocycles. The summed E-state index contributed by atoms with van der Waals surface area (Å²) in [5, 5.41) is 7.77. The van der Waals surface area contributed by atoms with Gasteiger partial charge < -0.3 is 10.2 Å². The van der Waals surface area contributed by atoms with E-state index in [-0.39, 0.29) is 0 Å². The molecular formula is C15H17N5.